The van der Waals surface area contributed by atoms with Crippen LogP contribution in [0.3, 0.4) is 0 Å². The Balaban J connectivity index is 2.04. The molecule has 0 saturated heterocycles. The Labute approximate surface area is 136 Å². The molecule has 0 bridgehead atoms. The largest absolute Gasteiger partial charge is 0.481 e. The Kier molecular flexibility index (Phi) is 5.45. The van der Waals surface area contributed by atoms with Gasteiger partial charge in [0, 0.05) is 10.7 Å². The predicted octanol–water partition coefficient (Wildman–Crippen LogP) is 4.62. The standard InChI is InChI=1S/C18H20ClNO2/c1-4-14-7-5-6-8-17(14)22-13(3)18(21)20-15-10-9-12(2)16(19)11-15/h5-11,13H,4H2,1-3H3,(H,20,21)/t13-/m1/s1. The minimum Gasteiger partial charge on any atom is -0.481 e. The molecule has 2 aromatic rings. The molecule has 1 N–H and O–H groups in total. The van der Waals surface area contributed by atoms with Crippen molar-refractivity contribution in [3.8, 4) is 5.75 Å². The highest BCUT2D eigenvalue weighted by atomic mass is 35.5. The van der Waals surface area contributed by atoms with E-state index < -0.39 is 6.10 Å². The molecule has 22 heavy (non-hydrogen) atoms. The molecule has 0 aromatic heterocycles. The van der Waals surface area contributed by atoms with E-state index in [2.05, 4.69) is 12.2 Å². The first-order valence-corrected chi connectivity index (χ1v) is 7.70. The number of ether oxygens (including phenoxy) is 1. The van der Waals surface area contributed by atoms with Gasteiger partial charge in [-0.15, -0.1) is 0 Å². The van der Waals surface area contributed by atoms with Crippen LogP contribution in [0.15, 0.2) is 42.5 Å². The lowest BCUT2D eigenvalue weighted by atomic mass is 10.1. The first-order valence-electron chi connectivity index (χ1n) is 7.33. The molecule has 0 spiro atoms. The summed E-state index contributed by atoms with van der Waals surface area (Å²) in [4.78, 5) is 12.2. The number of para-hydroxylation sites is 1. The smallest absolute Gasteiger partial charge is 0.265 e. The lowest BCUT2D eigenvalue weighted by Crippen LogP contribution is -2.30. The molecule has 0 aliphatic carbocycles. The Morgan fingerprint density at radius 1 is 1.27 bits per heavy atom. The summed E-state index contributed by atoms with van der Waals surface area (Å²) in [5.74, 6) is 0.542. The second-order valence-corrected chi connectivity index (χ2v) is 5.58. The minimum atomic E-state index is -0.590. The van der Waals surface area contributed by atoms with Crippen molar-refractivity contribution in [3.05, 3.63) is 58.6 Å². The van der Waals surface area contributed by atoms with E-state index >= 15 is 0 Å². The van der Waals surface area contributed by atoms with E-state index in [1.807, 2.05) is 43.3 Å². The van der Waals surface area contributed by atoms with Crippen LogP contribution in [0.25, 0.3) is 0 Å². The van der Waals surface area contributed by atoms with Gasteiger partial charge in [0.2, 0.25) is 0 Å². The molecule has 3 nitrogen and oxygen atoms in total. The average Bonchev–Trinajstić information content (AvgIpc) is 2.51. The summed E-state index contributed by atoms with van der Waals surface area (Å²) in [6, 6.07) is 13.2. The Bertz CT molecular complexity index is 670. The van der Waals surface area contributed by atoms with Crippen molar-refractivity contribution in [1.29, 1.82) is 0 Å². The summed E-state index contributed by atoms with van der Waals surface area (Å²) in [6.07, 6.45) is 0.269. The molecular weight excluding hydrogens is 298 g/mol. The van der Waals surface area contributed by atoms with Crippen LogP contribution in [0.2, 0.25) is 5.02 Å². The first kappa shape index (κ1) is 16.4. The second-order valence-electron chi connectivity index (χ2n) is 5.17. The number of benzene rings is 2. The fraction of sp³-hybridized carbons (Fsp3) is 0.278. The van der Waals surface area contributed by atoms with Crippen LogP contribution in [0.5, 0.6) is 5.75 Å². The number of carbonyl (C=O) groups excluding carboxylic acids is 1. The van der Waals surface area contributed by atoms with Crippen LogP contribution in [0.4, 0.5) is 5.69 Å². The van der Waals surface area contributed by atoms with Crippen LogP contribution < -0.4 is 10.1 Å². The Hall–Kier alpha value is -2.00. The van der Waals surface area contributed by atoms with Gasteiger partial charge in [0.05, 0.1) is 0 Å². The first-order chi connectivity index (χ1) is 10.5. The molecule has 2 rings (SSSR count). The van der Waals surface area contributed by atoms with Gasteiger partial charge in [-0.3, -0.25) is 4.79 Å². The van der Waals surface area contributed by atoms with Crippen molar-refractivity contribution in [3.63, 3.8) is 0 Å². The van der Waals surface area contributed by atoms with Gasteiger partial charge in [-0.1, -0.05) is 42.8 Å². The fourth-order valence-electron chi connectivity index (χ4n) is 2.07. The molecular formula is C18H20ClNO2. The molecule has 0 unspecified atom stereocenters. The summed E-state index contributed by atoms with van der Waals surface area (Å²) < 4.78 is 5.78. The lowest BCUT2D eigenvalue weighted by molar-refractivity contribution is -0.122. The number of hydrogen-bond acceptors (Lipinski definition) is 2. The minimum absolute atomic E-state index is 0.203. The zero-order chi connectivity index (χ0) is 16.1. The van der Waals surface area contributed by atoms with Gasteiger partial charge in [-0.2, -0.15) is 0 Å². The van der Waals surface area contributed by atoms with Gasteiger partial charge < -0.3 is 10.1 Å². The number of carbonyl (C=O) groups is 1. The summed E-state index contributed by atoms with van der Waals surface area (Å²) in [5, 5.41) is 3.45. The van der Waals surface area contributed by atoms with E-state index in [9.17, 15) is 4.79 Å². The van der Waals surface area contributed by atoms with E-state index in [1.165, 1.54) is 0 Å². The summed E-state index contributed by atoms with van der Waals surface area (Å²) in [5.41, 5.74) is 2.72. The monoisotopic (exact) mass is 317 g/mol. The molecule has 4 heteroatoms. The Morgan fingerprint density at radius 3 is 2.68 bits per heavy atom. The van der Waals surface area contributed by atoms with Crippen LogP contribution >= 0.6 is 11.6 Å². The van der Waals surface area contributed by atoms with Crippen molar-refractivity contribution >= 4 is 23.2 Å². The van der Waals surface area contributed by atoms with Crippen molar-refractivity contribution in [2.45, 2.75) is 33.3 Å². The molecule has 0 aliphatic heterocycles. The van der Waals surface area contributed by atoms with Gasteiger partial charge in [0.15, 0.2) is 6.10 Å². The van der Waals surface area contributed by atoms with Gasteiger partial charge in [-0.05, 0) is 49.6 Å². The van der Waals surface area contributed by atoms with Crippen molar-refractivity contribution in [2.75, 3.05) is 5.32 Å². The number of rotatable bonds is 5. The van der Waals surface area contributed by atoms with Gasteiger partial charge in [0.1, 0.15) is 5.75 Å². The van der Waals surface area contributed by atoms with Gasteiger partial charge in [0.25, 0.3) is 5.91 Å². The molecule has 116 valence electrons. The zero-order valence-corrected chi connectivity index (χ0v) is 13.8. The molecule has 0 aliphatic rings. The van der Waals surface area contributed by atoms with Gasteiger partial charge >= 0.3 is 0 Å². The quantitative estimate of drug-likeness (QED) is 0.874. The van der Waals surface area contributed by atoms with Crippen molar-refractivity contribution in [2.24, 2.45) is 0 Å². The molecule has 2 aromatic carbocycles. The predicted molar refractivity (Wildman–Crippen MR) is 90.7 cm³/mol. The van der Waals surface area contributed by atoms with Gasteiger partial charge in [-0.25, -0.2) is 0 Å². The topological polar surface area (TPSA) is 38.3 Å². The number of hydrogen-bond donors (Lipinski definition) is 1. The molecule has 0 radical (unpaired) electrons. The number of halogens is 1. The van der Waals surface area contributed by atoms with Crippen LogP contribution in [-0.2, 0) is 11.2 Å². The second kappa shape index (κ2) is 7.32. The third-order valence-electron chi connectivity index (χ3n) is 3.47. The maximum absolute atomic E-state index is 12.2. The number of amides is 1. The third kappa shape index (κ3) is 4.01. The van der Waals surface area contributed by atoms with Crippen molar-refractivity contribution in [1.82, 2.24) is 0 Å². The fourth-order valence-corrected chi connectivity index (χ4v) is 2.25. The normalized spacial score (nSPS) is 11.8. The SMILES string of the molecule is CCc1ccccc1O[C@H](C)C(=O)Nc1ccc(C)c(Cl)c1. The van der Waals surface area contributed by atoms with E-state index in [4.69, 9.17) is 16.3 Å². The molecule has 1 amide bonds. The zero-order valence-electron chi connectivity index (χ0n) is 13.0. The average molecular weight is 318 g/mol. The number of anilines is 1. The number of nitrogens with one attached hydrogen (secondary N) is 1. The van der Waals surface area contributed by atoms with Crippen molar-refractivity contribution < 1.29 is 9.53 Å². The maximum atomic E-state index is 12.2. The van der Waals surface area contributed by atoms with E-state index in [0.717, 1.165) is 23.3 Å². The molecule has 0 fully saturated rings. The molecule has 0 heterocycles. The van der Waals surface area contributed by atoms with Crippen LogP contribution in [-0.4, -0.2) is 12.0 Å². The van der Waals surface area contributed by atoms with Crippen LogP contribution in [0.1, 0.15) is 25.0 Å². The van der Waals surface area contributed by atoms with Crippen LogP contribution in [0, 0.1) is 6.92 Å². The van der Waals surface area contributed by atoms with E-state index in [1.54, 1.807) is 13.0 Å². The summed E-state index contributed by atoms with van der Waals surface area (Å²) >= 11 is 6.06. The van der Waals surface area contributed by atoms with E-state index in [0.29, 0.717) is 10.7 Å². The maximum Gasteiger partial charge on any atom is 0.265 e. The highest BCUT2D eigenvalue weighted by Gasteiger charge is 2.16. The summed E-state index contributed by atoms with van der Waals surface area (Å²) in [7, 11) is 0. The molecule has 1 atom stereocenters. The molecule has 0 saturated carbocycles. The summed E-state index contributed by atoms with van der Waals surface area (Å²) in [6.45, 7) is 5.71. The highest BCUT2D eigenvalue weighted by molar-refractivity contribution is 6.31. The Morgan fingerprint density at radius 2 is 2.00 bits per heavy atom. The lowest BCUT2D eigenvalue weighted by Gasteiger charge is -2.17. The number of aryl methyl sites for hydroxylation is 2. The van der Waals surface area contributed by atoms with E-state index in [-0.39, 0.29) is 5.91 Å². The highest BCUT2D eigenvalue weighted by Crippen LogP contribution is 2.22. The third-order valence-corrected chi connectivity index (χ3v) is 3.87.